The van der Waals surface area contributed by atoms with E-state index < -0.39 is 0 Å². The van der Waals surface area contributed by atoms with Crippen molar-refractivity contribution in [2.24, 2.45) is 0 Å². The normalized spacial score (nSPS) is 11.5. The number of hydrogen-bond acceptors (Lipinski definition) is 9. The minimum Gasteiger partial charge on any atom is -0.379 e. The van der Waals surface area contributed by atoms with Crippen LogP contribution in [0.3, 0.4) is 0 Å². The molecule has 0 amide bonds. The van der Waals surface area contributed by atoms with E-state index in [9.17, 15) is 0 Å². The molecule has 1 rings (SSSR count). The van der Waals surface area contributed by atoms with E-state index in [1.807, 2.05) is 30.3 Å². The Balaban J connectivity index is 1.61. The Bertz CT molecular complexity index is 650. The van der Waals surface area contributed by atoms with Crippen molar-refractivity contribution >= 4 is 0 Å². The van der Waals surface area contributed by atoms with E-state index in [0.717, 1.165) is 13.0 Å². The predicted molar refractivity (Wildman–Crippen MR) is 174 cm³/mol. The molecule has 0 spiro atoms. The van der Waals surface area contributed by atoms with Gasteiger partial charge >= 0.3 is 0 Å². The van der Waals surface area contributed by atoms with E-state index in [-0.39, 0.29) is 0 Å². The van der Waals surface area contributed by atoms with E-state index in [1.54, 1.807) is 0 Å². The quantitative estimate of drug-likeness (QED) is 0.0794. The van der Waals surface area contributed by atoms with Gasteiger partial charge in [-0.05, 0) is 12.0 Å². The lowest BCUT2D eigenvalue weighted by Gasteiger charge is -2.09. The van der Waals surface area contributed by atoms with Gasteiger partial charge in [-0.2, -0.15) is 0 Å². The van der Waals surface area contributed by atoms with Gasteiger partial charge in [-0.25, -0.2) is 0 Å². The molecule has 1 aromatic carbocycles. The van der Waals surface area contributed by atoms with Crippen molar-refractivity contribution in [2.45, 2.75) is 77.7 Å². The smallest absolute Gasteiger partial charge is 0.0718 e. The Hall–Kier alpha value is -1.14. The number of ether oxygens (including phenoxy) is 9. The standard InChI is InChI=1S/C35H64O9/c1-2-3-4-5-6-7-8-9-10-14-17-36-18-19-37-20-21-38-22-23-39-24-25-40-26-27-41-28-29-42-30-31-43-32-33-44-34-35-15-12-11-13-16-35/h11-13,15-16H,2-10,14,17-34H2,1H3. The molecule has 0 bridgehead atoms. The molecule has 44 heavy (non-hydrogen) atoms. The molecule has 0 fully saturated rings. The highest BCUT2D eigenvalue weighted by Crippen LogP contribution is 2.10. The van der Waals surface area contributed by atoms with E-state index >= 15 is 0 Å². The van der Waals surface area contributed by atoms with E-state index in [2.05, 4.69) is 6.92 Å². The van der Waals surface area contributed by atoms with Gasteiger partial charge in [0, 0.05) is 6.61 Å². The molecule has 0 aliphatic carbocycles. The summed E-state index contributed by atoms with van der Waals surface area (Å²) >= 11 is 0. The average molecular weight is 629 g/mol. The molecular formula is C35H64O9. The largest absolute Gasteiger partial charge is 0.379 e. The van der Waals surface area contributed by atoms with Crippen LogP contribution in [0.2, 0.25) is 0 Å². The monoisotopic (exact) mass is 628 g/mol. The molecule has 0 aliphatic heterocycles. The third kappa shape index (κ3) is 32.3. The molecule has 0 heterocycles. The van der Waals surface area contributed by atoms with Gasteiger partial charge in [0.25, 0.3) is 0 Å². The van der Waals surface area contributed by atoms with Crippen LogP contribution >= 0.6 is 0 Å². The summed E-state index contributed by atoms with van der Waals surface area (Å²) < 4.78 is 49.8. The number of unbranched alkanes of at least 4 members (excludes halogenated alkanes) is 9. The first kappa shape index (κ1) is 40.9. The van der Waals surface area contributed by atoms with Crippen LogP contribution in [0, 0.1) is 0 Å². The van der Waals surface area contributed by atoms with Gasteiger partial charge in [0.1, 0.15) is 0 Å². The molecule has 0 atom stereocenters. The molecule has 0 saturated heterocycles. The van der Waals surface area contributed by atoms with Crippen molar-refractivity contribution in [3.05, 3.63) is 35.9 Å². The maximum atomic E-state index is 5.65. The first-order valence-corrected chi connectivity index (χ1v) is 17.2. The second kappa shape index (κ2) is 36.3. The number of rotatable bonds is 37. The Morgan fingerprint density at radius 3 is 0.977 bits per heavy atom. The Kier molecular flexibility index (Phi) is 33.8. The van der Waals surface area contributed by atoms with E-state index in [0.29, 0.717) is 112 Å². The van der Waals surface area contributed by atoms with Crippen LogP contribution in [0.4, 0.5) is 0 Å². The molecular weight excluding hydrogens is 564 g/mol. The van der Waals surface area contributed by atoms with Crippen LogP contribution in [0.25, 0.3) is 0 Å². The number of benzene rings is 1. The van der Waals surface area contributed by atoms with Crippen LogP contribution in [0.5, 0.6) is 0 Å². The Morgan fingerprint density at radius 1 is 0.318 bits per heavy atom. The highest BCUT2D eigenvalue weighted by Gasteiger charge is 1.97. The SMILES string of the molecule is CCCCCCCCCCCCOCCOCCOCCOCCOCCOCCOCCOCCOCc1ccccc1. The summed E-state index contributed by atoms with van der Waals surface area (Å²) in [6.45, 7) is 12.7. The second-order valence-electron chi connectivity index (χ2n) is 10.6. The molecule has 9 nitrogen and oxygen atoms in total. The summed E-state index contributed by atoms with van der Waals surface area (Å²) in [6, 6.07) is 10.1. The molecule has 0 saturated carbocycles. The van der Waals surface area contributed by atoms with Gasteiger partial charge in [0.15, 0.2) is 0 Å². The Labute approximate surface area is 268 Å². The van der Waals surface area contributed by atoms with Crippen LogP contribution in [0.1, 0.15) is 76.7 Å². The van der Waals surface area contributed by atoms with Gasteiger partial charge in [0.2, 0.25) is 0 Å². The first-order valence-electron chi connectivity index (χ1n) is 17.2. The molecule has 9 heteroatoms. The zero-order valence-corrected chi connectivity index (χ0v) is 27.9. The van der Waals surface area contributed by atoms with Gasteiger partial charge in [0.05, 0.1) is 112 Å². The van der Waals surface area contributed by atoms with Gasteiger partial charge < -0.3 is 42.6 Å². The van der Waals surface area contributed by atoms with Crippen LogP contribution in [-0.2, 0) is 49.2 Å². The molecule has 0 aliphatic rings. The fraction of sp³-hybridized carbons (Fsp3) is 0.829. The summed E-state index contributed by atoms with van der Waals surface area (Å²) in [5, 5.41) is 0. The van der Waals surface area contributed by atoms with Crippen molar-refractivity contribution in [3.8, 4) is 0 Å². The van der Waals surface area contributed by atoms with Crippen molar-refractivity contribution in [3.63, 3.8) is 0 Å². The van der Waals surface area contributed by atoms with Crippen LogP contribution < -0.4 is 0 Å². The summed E-state index contributed by atoms with van der Waals surface area (Å²) in [5.74, 6) is 0. The molecule has 0 radical (unpaired) electrons. The fourth-order valence-electron chi connectivity index (χ4n) is 4.22. The lowest BCUT2D eigenvalue weighted by Crippen LogP contribution is -2.15. The van der Waals surface area contributed by atoms with Crippen molar-refractivity contribution in [2.75, 3.05) is 112 Å². The highest BCUT2D eigenvalue weighted by atomic mass is 16.6. The molecule has 0 N–H and O–H groups in total. The number of hydrogen-bond donors (Lipinski definition) is 0. The van der Waals surface area contributed by atoms with Gasteiger partial charge in [-0.3, -0.25) is 0 Å². The summed E-state index contributed by atoms with van der Waals surface area (Å²) in [5.41, 5.74) is 1.17. The lowest BCUT2D eigenvalue weighted by atomic mass is 10.1. The molecule has 0 aromatic heterocycles. The lowest BCUT2D eigenvalue weighted by molar-refractivity contribution is -0.0254. The van der Waals surface area contributed by atoms with E-state index in [4.69, 9.17) is 42.6 Å². The van der Waals surface area contributed by atoms with Gasteiger partial charge in [-0.15, -0.1) is 0 Å². The van der Waals surface area contributed by atoms with Crippen LogP contribution in [0.15, 0.2) is 30.3 Å². The highest BCUT2D eigenvalue weighted by molar-refractivity contribution is 5.13. The first-order chi connectivity index (χ1) is 21.9. The Morgan fingerprint density at radius 2 is 0.614 bits per heavy atom. The van der Waals surface area contributed by atoms with Crippen molar-refractivity contribution in [1.82, 2.24) is 0 Å². The molecule has 1 aromatic rings. The minimum absolute atomic E-state index is 0.534. The summed E-state index contributed by atoms with van der Waals surface area (Å²) in [6.07, 6.45) is 13.5. The zero-order valence-electron chi connectivity index (χ0n) is 27.9. The fourth-order valence-corrected chi connectivity index (χ4v) is 4.22. The van der Waals surface area contributed by atoms with Crippen molar-refractivity contribution in [1.29, 1.82) is 0 Å². The third-order valence-electron chi connectivity index (χ3n) is 6.73. The van der Waals surface area contributed by atoms with Crippen molar-refractivity contribution < 1.29 is 42.6 Å². The van der Waals surface area contributed by atoms with Gasteiger partial charge in [-0.1, -0.05) is 95.0 Å². The average Bonchev–Trinajstić information content (AvgIpc) is 3.05. The maximum absolute atomic E-state index is 5.65. The molecule has 258 valence electrons. The topological polar surface area (TPSA) is 83.1 Å². The van der Waals surface area contributed by atoms with E-state index in [1.165, 1.54) is 63.4 Å². The predicted octanol–water partition coefficient (Wildman–Crippen LogP) is 6.26. The minimum atomic E-state index is 0.534. The zero-order chi connectivity index (χ0) is 31.3. The summed E-state index contributed by atoms with van der Waals surface area (Å²) in [7, 11) is 0. The maximum Gasteiger partial charge on any atom is 0.0718 e. The second-order valence-corrected chi connectivity index (χ2v) is 10.6. The summed E-state index contributed by atoms with van der Waals surface area (Å²) in [4.78, 5) is 0. The van der Waals surface area contributed by atoms with Crippen LogP contribution in [-0.4, -0.2) is 112 Å². The molecule has 0 unspecified atom stereocenters. The third-order valence-corrected chi connectivity index (χ3v) is 6.73.